The van der Waals surface area contributed by atoms with Gasteiger partial charge in [-0.3, -0.25) is 14.9 Å². The van der Waals surface area contributed by atoms with Gasteiger partial charge in [-0.05, 0) is 60.6 Å². The quantitative estimate of drug-likeness (QED) is 0.325. The lowest BCUT2D eigenvalue weighted by Crippen LogP contribution is -2.34. The minimum Gasteiger partial charge on any atom is -0.490 e. The van der Waals surface area contributed by atoms with E-state index < -0.39 is 0 Å². The van der Waals surface area contributed by atoms with E-state index in [0.717, 1.165) is 17.0 Å². The SMILES string of the molecule is CN(C)C(=O)CCc1ccc(NC(=S)NC(=O)c2ccccc2OCCOc2ccccc2)cc1. The Bertz CT molecular complexity index is 1130. The molecule has 182 valence electrons. The van der Waals surface area contributed by atoms with E-state index in [1.165, 1.54) is 0 Å². The molecule has 0 spiro atoms. The van der Waals surface area contributed by atoms with Crippen LogP contribution in [0.1, 0.15) is 22.3 Å². The van der Waals surface area contributed by atoms with Crippen LogP contribution in [0.25, 0.3) is 0 Å². The summed E-state index contributed by atoms with van der Waals surface area (Å²) in [6, 6.07) is 24.0. The van der Waals surface area contributed by atoms with Crippen LogP contribution in [0.4, 0.5) is 5.69 Å². The molecule has 8 heteroatoms. The van der Waals surface area contributed by atoms with Crippen molar-refractivity contribution in [2.45, 2.75) is 12.8 Å². The van der Waals surface area contributed by atoms with Crippen molar-refractivity contribution in [2.24, 2.45) is 0 Å². The van der Waals surface area contributed by atoms with Crippen LogP contribution in [-0.2, 0) is 11.2 Å². The van der Waals surface area contributed by atoms with E-state index in [9.17, 15) is 9.59 Å². The molecule has 3 aromatic carbocycles. The number of hydrogen-bond donors (Lipinski definition) is 2. The molecule has 3 rings (SSSR count). The predicted octanol–water partition coefficient (Wildman–Crippen LogP) is 4.29. The average molecular weight is 492 g/mol. The van der Waals surface area contributed by atoms with Crippen LogP contribution in [0.5, 0.6) is 11.5 Å². The first-order valence-corrected chi connectivity index (χ1v) is 11.6. The van der Waals surface area contributed by atoms with Gasteiger partial charge < -0.3 is 19.7 Å². The van der Waals surface area contributed by atoms with Crippen molar-refractivity contribution in [1.29, 1.82) is 0 Å². The van der Waals surface area contributed by atoms with Crippen LogP contribution in [-0.4, -0.2) is 49.1 Å². The first-order chi connectivity index (χ1) is 16.9. The molecule has 0 saturated heterocycles. The van der Waals surface area contributed by atoms with Crippen LogP contribution in [0, 0.1) is 0 Å². The number of para-hydroxylation sites is 2. The van der Waals surface area contributed by atoms with Gasteiger partial charge in [0.05, 0.1) is 5.56 Å². The third kappa shape index (κ3) is 8.42. The third-order valence-corrected chi connectivity index (χ3v) is 5.25. The summed E-state index contributed by atoms with van der Waals surface area (Å²) in [5, 5.41) is 5.87. The van der Waals surface area contributed by atoms with E-state index in [-0.39, 0.29) is 23.5 Å². The summed E-state index contributed by atoms with van der Waals surface area (Å²) in [6.07, 6.45) is 1.11. The van der Waals surface area contributed by atoms with Crippen molar-refractivity contribution >= 4 is 34.8 Å². The molecule has 0 aliphatic carbocycles. The number of nitrogens with one attached hydrogen (secondary N) is 2. The van der Waals surface area contributed by atoms with Gasteiger partial charge in [0.1, 0.15) is 24.7 Å². The number of benzene rings is 3. The largest absolute Gasteiger partial charge is 0.490 e. The second-order valence-electron chi connectivity index (χ2n) is 7.90. The summed E-state index contributed by atoms with van der Waals surface area (Å²) in [4.78, 5) is 26.1. The average Bonchev–Trinajstić information content (AvgIpc) is 2.86. The maximum absolute atomic E-state index is 12.8. The molecule has 0 bridgehead atoms. The van der Waals surface area contributed by atoms with Gasteiger partial charge in [0.2, 0.25) is 5.91 Å². The van der Waals surface area contributed by atoms with E-state index in [1.807, 2.05) is 54.6 Å². The highest BCUT2D eigenvalue weighted by atomic mass is 32.1. The van der Waals surface area contributed by atoms with Gasteiger partial charge in [-0.25, -0.2) is 0 Å². The van der Waals surface area contributed by atoms with Gasteiger partial charge in [0, 0.05) is 26.2 Å². The van der Waals surface area contributed by atoms with Crippen LogP contribution in [0.2, 0.25) is 0 Å². The summed E-state index contributed by atoms with van der Waals surface area (Å²) >= 11 is 5.31. The smallest absolute Gasteiger partial charge is 0.261 e. The molecule has 7 nitrogen and oxygen atoms in total. The molecular weight excluding hydrogens is 462 g/mol. The molecule has 2 amide bonds. The molecule has 0 atom stereocenters. The standard InChI is InChI=1S/C27H29N3O4S/c1-30(2)25(31)17-14-20-12-15-21(16-13-20)28-27(35)29-26(32)23-10-6-7-11-24(23)34-19-18-33-22-8-4-3-5-9-22/h3-13,15-16H,14,17-19H2,1-2H3,(H2,28,29,32,35). The molecule has 0 aliphatic heterocycles. The number of carbonyl (C=O) groups is 2. The first kappa shape index (κ1) is 25.7. The topological polar surface area (TPSA) is 79.9 Å². The lowest BCUT2D eigenvalue weighted by Gasteiger charge is -2.14. The molecule has 0 radical (unpaired) electrons. The number of hydrogen-bond acceptors (Lipinski definition) is 5. The summed E-state index contributed by atoms with van der Waals surface area (Å²) in [5.74, 6) is 0.916. The Morgan fingerprint density at radius 1 is 0.857 bits per heavy atom. The second-order valence-corrected chi connectivity index (χ2v) is 8.31. The Morgan fingerprint density at radius 2 is 1.51 bits per heavy atom. The van der Waals surface area contributed by atoms with Crippen LogP contribution < -0.4 is 20.1 Å². The van der Waals surface area contributed by atoms with E-state index in [4.69, 9.17) is 21.7 Å². The lowest BCUT2D eigenvalue weighted by atomic mass is 10.1. The Balaban J connectivity index is 1.48. The van der Waals surface area contributed by atoms with Gasteiger partial charge in [-0.2, -0.15) is 0 Å². The fourth-order valence-electron chi connectivity index (χ4n) is 3.17. The number of ether oxygens (including phenoxy) is 2. The number of rotatable bonds is 10. The summed E-state index contributed by atoms with van der Waals surface area (Å²) < 4.78 is 11.4. The van der Waals surface area contributed by atoms with E-state index >= 15 is 0 Å². The van der Waals surface area contributed by atoms with Crippen LogP contribution in [0.3, 0.4) is 0 Å². The van der Waals surface area contributed by atoms with Crippen molar-refractivity contribution in [2.75, 3.05) is 32.6 Å². The number of aryl methyl sites for hydroxylation is 1. The van der Waals surface area contributed by atoms with Gasteiger partial charge >= 0.3 is 0 Å². The maximum atomic E-state index is 12.8. The molecule has 0 aliphatic rings. The number of amides is 2. The summed E-state index contributed by atoms with van der Waals surface area (Å²) in [5.41, 5.74) is 2.15. The lowest BCUT2D eigenvalue weighted by molar-refractivity contribution is -0.128. The second kappa shape index (κ2) is 13.1. The van der Waals surface area contributed by atoms with Crippen LogP contribution in [0.15, 0.2) is 78.9 Å². The molecule has 35 heavy (non-hydrogen) atoms. The zero-order chi connectivity index (χ0) is 25.0. The number of thiocarbonyl (C=S) groups is 1. The number of nitrogens with zero attached hydrogens (tertiary/aromatic N) is 1. The molecule has 0 aromatic heterocycles. The Morgan fingerprint density at radius 3 is 2.23 bits per heavy atom. The molecule has 0 unspecified atom stereocenters. The van der Waals surface area contributed by atoms with Crippen LogP contribution >= 0.6 is 12.2 Å². The van der Waals surface area contributed by atoms with E-state index in [0.29, 0.717) is 30.8 Å². The predicted molar refractivity (Wildman–Crippen MR) is 141 cm³/mol. The van der Waals surface area contributed by atoms with E-state index in [1.54, 1.807) is 43.3 Å². The maximum Gasteiger partial charge on any atom is 0.261 e. The fraction of sp³-hybridized carbons (Fsp3) is 0.222. The monoisotopic (exact) mass is 491 g/mol. The normalized spacial score (nSPS) is 10.2. The van der Waals surface area contributed by atoms with Crippen molar-refractivity contribution in [3.8, 4) is 11.5 Å². The third-order valence-electron chi connectivity index (χ3n) is 5.05. The number of carbonyl (C=O) groups excluding carboxylic acids is 2. The van der Waals surface area contributed by atoms with Gasteiger partial charge in [0.25, 0.3) is 5.91 Å². The first-order valence-electron chi connectivity index (χ1n) is 11.2. The highest BCUT2D eigenvalue weighted by Crippen LogP contribution is 2.18. The fourth-order valence-corrected chi connectivity index (χ4v) is 3.38. The minimum atomic E-state index is -0.374. The molecule has 2 N–H and O–H groups in total. The zero-order valence-corrected chi connectivity index (χ0v) is 20.6. The Hall–Kier alpha value is -3.91. The summed E-state index contributed by atoms with van der Waals surface area (Å²) in [6.45, 7) is 0.633. The highest BCUT2D eigenvalue weighted by Gasteiger charge is 2.14. The molecular formula is C27H29N3O4S. The number of anilines is 1. The Kier molecular flexibility index (Phi) is 9.62. The van der Waals surface area contributed by atoms with Gasteiger partial charge in [-0.15, -0.1) is 0 Å². The van der Waals surface area contributed by atoms with Crippen molar-refractivity contribution < 1.29 is 19.1 Å². The van der Waals surface area contributed by atoms with E-state index in [2.05, 4.69) is 10.6 Å². The van der Waals surface area contributed by atoms with Gasteiger partial charge in [0.15, 0.2) is 5.11 Å². The highest BCUT2D eigenvalue weighted by molar-refractivity contribution is 7.80. The summed E-state index contributed by atoms with van der Waals surface area (Å²) in [7, 11) is 3.49. The molecule has 0 fully saturated rings. The zero-order valence-electron chi connectivity index (χ0n) is 19.8. The minimum absolute atomic E-state index is 0.0871. The van der Waals surface area contributed by atoms with Crippen molar-refractivity contribution in [3.63, 3.8) is 0 Å². The molecule has 3 aromatic rings. The molecule has 0 saturated carbocycles. The Labute approximate surface area is 211 Å². The van der Waals surface area contributed by atoms with Gasteiger partial charge in [-0.1, -0.05) is 42.5 Å². The van der Waals surface area contributed by atoms with Crippen molar-refractivity contribution in [3.05, 3.63) is 90.0 Å². The van der Waals surface area contributed by atoms with Crippen molar-refractivity contribution in [1.82, 2.24) is 10.2 Å². The molecule has 0 heterocycles.